The van der Waals surface area contributed by atoms with Gasteiger partial charge in [-0.15, -0.1) is 0 Å². The molecule has 0 aromatic heterocycles. The molecule has 0 unspecified atom stereocenters. The van der Waals surface area contributed by atoms with Crippen LogP contribution in [-0.2, 0) is 9.47 Å². The third-order valence-corrected chi connectivity index (χ3v) is 2.72. The van der Waals surface area contributed by atoms with Crippen LogP contribution in [0.1, 0.15) is 24.2 Å². The Bertz CT molecular complexity index is 393. The molecule has 5 heteroatoms. The topological polar surface area (TPSA) is 61.5 Å². The number of anilines is 1. The van der Waals surface area contributed by atoms with Crippen LogP contribution in [0, 0.1) is 0 Å². The number of nitrogen functional groups attached to an aromatic ring is 1. The fourth-order valence-corrected chi connectivity index (χ4v) is 1.42. The number of halogens is 1. The first-order chi connectivity index (χ1) is 8.00. The van der Waals surface area contributed by atoms with Crippen molar-refractivity contribution in [1.29, 1.82) is 0 Å². The Balaban J connectivity index is 2.44. The van der Waals surface area contributed by atoms with Crippen molar-refractivity contribution in [3.63, 3.8) is 0 Å². The fraction of sp³-hybridized carbons (Fsp3) is 0.417. The number of ether oxygens (including phenoxy) is 2. The number of hydrogen-bond donors (Lipinski definition) is 1. The van der Waals surface area contributed by atoms with Gasteiger partial charge in [-0.25, -0.2) is 4.79 Å². The predicted octanol–water partition coefficient (Wildman–Crippen LogP) is 2.61. The zero-order valence-corrected chi connectivity index (χ0v) is 11.5. The normalized spacial score (nSPS) is 10.6. The Morgan fingerprint density at radius 1 is 1.41 bits per heavy atom. The molecule has 0 aliphatic heterocycles. The second-order valence-electron chi connectivity index (χ2n) is 3.79. The number of benzene rings is 1. The Kier molecular flexibility index (Phi) is 5.44. The van der Waals surface area contributed by atoms with E-state index >= 15 is 0 Å². The summed E-state index contributed by atoms with van der Waals surface area (Å²) in [6.45, 7) is 4.50. The third kappa shape index (κ3) is 4.75. The zero-order chi connectivity index (χ0) is 12.8. The molecule has 1 rings (SSSR count). The van der Waals surface area contributed by atoms with E-state index < -0.39 is 5.97 Å². The van der Waals surface area contributed by atoms with Crippen LogP contribution in [0.2, 0.25) is 0 Å². The number of nitrogens with two attached hydrogens (primary N) is 1. The lowest BCUT2D eigenvalue weighted by Gasteiger charge is -2.08. The lowest BCUT2D eigenvalue weighted by Crippen LogP contribution is -2.13. The summed E-state index contributed by atoms with van der Waals surface area (Å²) in [7, 11) is 0. The lowest BCUT2D eigenvalue weighted by molar-refractivity contribution is 0.0177. The summed E-state index contributed by atoms with van der Waals surface area (Å²) in [5, 5.41) is 0. The molecule has 0 fully saturated rings. The van der Waals surface area contributed by atoms with Crippen molar-refractivity contribution in [2.24, 2.45) is 0 Å². The van der Waals surface area contributed by atoms with Gasteiger partial charge >= 0.3 is 5.97 Å². The molecule has 0 saturated heterocycles. The second kappa shape index (κ2) is 6.61. The molecule has 0 bridgehead atoms. The molecule has 1 aromatic rings. The summed E-state index contributed by atoms with van der Waals surface area (Å²) in [5.41, 5.74) is 6.63. The Morgan fingerprint density at radius 2 is 2.12 bits per heavy atom. The first-order valence-corrected chi connectivity index (χ1v) is 6.13. The lowest BCUT2D eigenvalue weighted by atomic mass is 10.2. The highest BCUT2D eigenvalue weighted by Crippen LogP contribution is 2.20. The minimum absolute atomic E-state index is 0.136. The summed E-state index contributed by atoms with van der Waals surface area (Å²) in [6.07, 6.45) is 0.136. The molecule has 0 aliphatic carbocycles. The van der Waals surface area contributed by atoms with Crippen LogP contribution in [0.25, 0.3) is 0 Å². The molecule has 94 valence electrons. The van der Waals surface area contributed by atoms with E-state index in [1.807, 2.05) is 13.8 Å². The maximum atomic E-state index is 11.6. The van der Waals surface area contributed by atoms with Crippen molar-refractivity contribution in [3.05, 3.63) is 28.2 Å². The van der Waals surface area contributed by atoms with Crippen LogP contribution >= 0.6 is 15.9 Å². The van der Waals surface area contributed by atoms with Crippen molar-refractivity contribution >= 4 is 27.6 Å². The summed E-state index contributed by atoms with van der Waals surface area (Å²) in [6, 6.07) is 4.96. The van der Waals surface area contributed by atoms with E-state index in [1.165, 1.54) is 0 Å². The van der Waals surface area contributed by atoms with Gasteiger partial charge in [0.2, 0.25) is 0 Å². The number of rotatable bonds is 5. The van der Waals surface area contributed by atoms with E-state index in [4.69, 9.17) is 15.2 Å². The highest BCUT2D eigenvalue weighted by atomic mass is 79.9. The standard InChI is InChI=1S/C12H16BrNO3/c1-8(2)16-5-6-17-12(15)9-3-4-10(13)11(14)7-9/h3-4,7-8H,5-6,14H2,1-2H3. The van der Waals surface area contributed by atoms with Gasteiger partial charge in [0.15, 0.2) is 0 Å². The van der Waals surface area contributed by atoms with Gasteiger partial charge < -0.3 is 15.2 Å². The van der Waals surface area contributed by atoms with Crippen LogP contribution in [0.15, 0.2) is 22.7 Å². The third-order valence-electron chi connectivity index (χ3n) is 2.00. The van der Waals surface area contributed by atoms with Crippen molar-refractivity contribution < 1.29 is 14.3 Å². The van der Waals surface area contributed by atoms with E-state index in [0.717, 1.165) is 4.47 Å². The van der Waals surface area contributed by atoms with E-state index in [0.29, 0.717) is 17.9 Å². The van der Waals surface area contributed by atoms with Crippen molar-refractivity contribution in [1.82, 2.24) is 0 Å². The Hall–Kier alpha value is -1.07. The first-order valence-electron chi connectivity index (χ1n) is 5.34. The monoisotopic (exact) mass is 301 g/mol. The number of carbonyl (C=O) groups is 1. The fourth-order valence-electron chi connectivity index (χ4n) is 1.17. The average molecular weight is 302 g/mol. The van der Waals surface area contributed by atoms with E-state index in [2.05, 4.69) is 15.9 Å². The van der Waals surface area contributed by atoms with Gasteiger partial charge in [-0.2, -0.15) is 0 Å². The SMILES string of the molecule is CC(C)OCCOC(=O)c1ccc(Br)c(N)c1. The molecule has 0 spiro atoms. The van der Waals surface area contributed by atoms with Crippen LogP contribution in [0.4, 0.5) is 5.69 Å². The van der Waals surface area contributed by atoms with Gasteiger partial charge in [0.25, 0.3) is 0 Å². The molecule has 4 nitrogen and oxygen atoms in total. The van der Waals surface area contributed by atoms with Gasteiger partial charge in [0, 0.05) is 10.2 Å². The Morgan fingerprint density at radius 3 is 2.71 bits per heavy atom. The minimum Gasteiger partial charge on any atom is -0.460 e. The minimum atomic E-state index is -0.392. The summed E-state index contributed by atoms with van der Waals surface area (Å²) in [4.78, 5) is 11.6. The highest BCUT2D eigenvalue weighted by Gasteiger charge is 2.08. The maximum Gasteiger partial charge on any atom is 0.338 e. The number of esters is 1. The van der Waals surface area contributed by atoms with E-state index in [-0.39, 0.29) is 12.7 Å². The summed E-state index contributed by atoms with van der Waals surface area (Å²) in [5.74, 6) is -0.392. The molecule has 0 radical (unpaired) electrons. The number of carbonyl (C=O) groups excluding carboxylic acids is 1. The van der Waals surface area contributed by atoms with Gasteiger partial charge in [-0.05, 0) is 48.0 Å². The molecular formula is C12H16BrNO3. The number of hydrogen-bond acceptors (Lipinski definition) is 4. The quantitative estimate of drug-likeness (QED) is 0.516. The molecular weight excluding hydrogens is 286 g/mol. The molecule has 0 amide bonds. The zero-order valence-electron chi connectivity index (χ0n) is 9.90. The van der Waals surface area contributed by atoms with Crippen molar-refractivity contribution in [3.8, 4) is 0 Å². The molecule has 0 atom stereocenters. The van der Waals surface area contributed by atoms with E-state index in [1.54, 1.807) is 18.2 Å². The molecule has 2 N–H and O–H groups in total. The first kappa shape index (κ1) is 14.0. The largest absolute Gasteiger partial charge is 0.460 e. The smallest absolute Gasteiger partial charge is 0.338 e. The van der Waals surface area contributed by atoms with Crippen molar-refractivity contribution in [2.45, 2.75) is 20.0 Å². The van der Waals surface area contributed by atoms with Crippen LogP contribution in [0.5, 0.6) is 0 Å². The van der Waals surface area contributed by atoms with Crippen LogP contribution in [-0.4, -0.2) is 25.3 Å². The van der Waals surface area contributed by atoms with Crippen LogP contribution < -0.4 is 5.73 Å². The van der Waals surface area contributed by atoms with Crippen LogP contribution in [0.3, 0.4) is 0 Å². The molecule has 0 saturated carbocycles. The molecule has 0 aliphatic rings. The molecule has 17 heavy (non-hydrogen) atoms. The maximum absolute atomic E-state index is 11.6. The molecule has 1 aromatic carbocycles. The Labute approximate surface area is 109 Å². The van der Waals surface area contributed by atoms with Gasteiger partial charge in [0.1, 0.15) is 6.61 Å². The van der Waals surface area contributed by atoms with Gasteiger partial charge in [0.05, 0.1) is 18.3 Å². The van der Waals surface area contributed by atoms with E-state index in [9.17, 15) is 4.79 Å². The van der Waals surface area contributed by atoms with Crippen molar-refractivity contribution in [2.75, 3.05) is 18.9 Å². The summed E-state index contributed by atoms with van der Waals surface area (Å²) < 4.78 is 11.1. The van der Waals surface area contributed by atoms with Gasteiger partial charge in [-0.1, -0.05) is 0 Å². The average Bonchev–Trinajstić information content (AvgIpc) is 2.27. The second-order valence-corrected chi connectivity index (χ2v) is 4.65. The predicted molar refractivity (Wildman–Crippen MR) is 69.9 cm³/mol. The van der Waals surface area contributed by atoms with Gasteiger partial charge in [-0.3, -0.25) is 0 Å². The summed E-state index contributed by atoms with van der Waals surface area (Å²) >= 11 is 3.26. The highest BCUT2D eigenvalue weighted by molar-refractivity contribution is 9.10. The molecule has 0 heterocycles.